The fraction of sp³-hybridized carbons (Fsp3) is 0.364. The van der Waals surface area contributed by atoms with Crippen molar-refractivity contribution in [2.24, 2.45) is 0 Å². The summed E-state index contributed by atoms with van der Waals surface area (Å²) in [5.41, 5.74) is 1.55. The largest absolute Gasteiger partial charge is 0.303 e. The molecule has 0 fully saturated rings. The Morgan fingerprint density at radius 2 is 2.29 bits per heavy atom. The van der Waals surface area contributed by atoms with Crippen LogP contribution in [0, 0.1) is 12.7 Å². The van der Waals surface area contributed by atoms with Gasteiger partial charge in [-0.2, -0.15) is 5.21 Å². The highest BCUT2D eigenvalue weighted by molar-refractivity contribution is 5.25. The first-order valence-electron chi connectivity index (χ1n) is 5.38. The highest BCUT2D eigenvalue weighted by atomic mass is 19.1. The zero-order chi connectivity index (χ0) is 12.3. The van der Waals surface area contributed by atoms with E-state index in [4.69, 9.17) is 0 Å². The molecule has 0 aliphatic heterocycles. The van der Waals surface area contributed by atoms with Crippen LogP contribution in [-0.4, -0.2) is 20.6 Å². The number of aromatic nitrogens is 4. The predicted molar refractivity (Wildman–Crippen MR) is 60.6 cm³/mol. The first-order chi connectivity index (χ1) is 8.16. The Morgan fingerprint density at radius 3 is 2.94 bits per heavy atom. The van der Waals surface area contributed by atoms with Crippen molar-refractivity contribution in [2.45, 2.75) is 26.4 Å². The quantitative estimate of drug-likeness (QED) is 0.842. The molecule has 1 heterocycles. The summed E-state index contributed by atoms with van der Waals surface area (Å²) in [6.45, 7) is 4.20. The van der Waals surface area contributed by atoms with Crippen molar-refractivity contribution in [3.8, 4) is 0 Å². The highest BCUT2D eigenvalue weighted by Gasteiger charge is 2.08. The van der Waals surface area contributed by atoms with Crippen LogP contribution in [0.2, 0.25) is 0 Å². The minimum absolute atomic E-state index is 0.0311. The number of aryl methyl sites for hydroxylation is 1. The Balaban J connectivity index is 1.99. The second-order valence-electron chi connectivity index (χ2n) is 3.94. The summed E-state index contributed by atoms with van der Waals surface area (Å²) in [6, 6.07) is 5.26. The molecule has 0 radical (unpaired) electrons. The molecule has 0 saturated carbocycles. The van der Waals surface area contributed by atoms with Gasteiger partial charge in [0.05, 0.1) is 6.54 Å². The molecule has 2 N–H and O–H groups in total. The van der Waals surface area contributed by atoms with Gasteiger partial charge in [-0.05, 0) is 31.0 Å². The van der Waals surface area contributed by atoms with Gasteiger partial charge < -0.3 is 5.32 Å². The Morgan fingerprint density at radius 1 is 1.47 bits per heavy atom. The van der Waals surface area contributed by atoms with Gasteiger partial charge in [-0.3, -0.25) is 0 Å². The van der Waals surface area contributed by atoms with Crippen LogP contribution in [0.15, 0.2) is 18.2 Å². The van der Waals surface area contributed by atoms with Crippen molar-refractivity contribution in [3.63, 3.8) is 0 Å². The lowest BCUT2D eigenvalue weighted by Gasteiger charge is -2.13. The maximum Gasteiger partial charge on any atom is 0.188 e. The van der Waals surface area contributed by atoms with Crippen molar-refractivity contribution >= 4 is 0 Å². The van der Waals surface area contributed by atoms with Crippen molar-refractivity contribution in [1.29, 1.82) is 0 Å². The molecule has 0 saturated heterocycles. The lowest BCUT2D eigenvalue weighted by molar-refractivity contribution is 0.551. The summed E-state index contributed by atoms with van der Waals surface area (Å²) in [5, 5.41) is 16.7. The van der Waals surface area contributed by atoms with Gasteiger partial charge in [0.15, 0.2) is 5.82 Å². The number of H-pyrrole nitrogens is 1. The Labute approximate surface area is 98.4 Å². The van der Waals surface area contributed by atoms with Gasteiger partial charge in [-0.1, -0.05) is 17.3 Å². The minimum atomic E-state index is -0.185. The second-order valence-corrected chi connectivity index (χ2v) is 3.94. The zero-order valence-electron chi connectivity index (χ0n) is 9.74. The molecule has 1 atom stereocenters. The van der Waals surface area contributed by atoms with Gasteiger partial charge in [-0.25, -0.2) is 4.39 Å². The molecular formula is C11H14FN5. The summed E-state index contributed by atoms with van der Waals surface area (Å²) in [5.74, 6) is 0.403. The van der Waals surface area contributed by atoms with E-state index in [1.807, 2.05) is 13.0 Å². The molecule has 0 spiro atoms. The molecule has 1 aromatic carbocycles. The number of halogens is 1. The molecule has 0 amide bonds. The van der Waals surface area contributed by atoms with E-state index in [0.29, 0.717) is 17.9 Å². The third-order valence-electron chi connectivity index (χ3n) is 2.65. The second kappa shape index (κ2) is 5.01. The van der Waals surface area contributed by atoms with Crippen LogP contribution in [0.1, 0.15) is 29.9 Å². The molecule has 90 valence electrons. The van der Waals surface area contributed by atoms with Crippen LogP contribution in [0.3, 0.4) is 0 Å². The van der Waals surface area contributed by atoms with Crippen LogP contribution in [0.25, 0.3) is 0 Å². The van der Waals surface area contributed by atoms with Gasteiger partial charge in [0.1, 0.15) is 5.82 Å². The first-order valence-corrected chi connectivity index (χ1v) is 5.38. The zero-order valence-corrected chi connectivity index (χ0v) is 9.74. The number of rotatable bonds is 4. The monoisotopic (exact) mass is 235 g/mol. The molecule has 6 heteroatoms. The number of hydrogen-bond donors (Lipinski definition) is 2. The fourth-order valence-corrected chi connectivity index (χ4v) is 1.50. The molecule has 0 bridgehead atoms. The highest BCUT2D eigenvalue weighted by Crippen LogP contribution is 2.16. The van der Waals surface area contributed by atoms with Crippen molar-refractivity contribution < 1.29 is 4.39 Å². The molecule has 0 aliphatic rings. The van der Waals surface area contributed by atoms with E-state index in [1.165, 1.54) is 0 Å². The lowest BCUT2D eigenvalue weighted by atomic mass is 10.1. The summed E-state index contributed by atoms with van der Waals surface area (Å²) >= 11 is 0. The predicted octanol–water partition coefficient (Wildman–Crippen LogP) is 1.50. The number of nitrogens with one attached hydrogen (secondary N) is 2. The average Bonchev–Trinajstić information content (AvgIpc) is 2.82. The van der Waals surface area contributed by atoms with E-state index >= 15 is 0 Å². The maximum absolute atomic E-state index is 13.4. The Bertz CT molecular complexity index is 483. The number of nitrogens with zero attached hydrogens (tertiary/aromatic N) is 3. The third-order valence-corrected chi connectivity index (χ3v) is 2.65. The van der Waals surface area contributed by atoms with Gasteiger partial charge in [0.25, 0.3) is 0 Å². The lowest BCUT2D eigenvalue weighted by Crippen LogP contribution is -2.19. The summed E-state index contributed by atoms with van der Waals surface area (Å²) in [4.78, 5) is 0. The normalized spacial score (nSPS) is 12.6. The summed E-state index contributed by atoms with van der Waals surface area (Å²) < 4.78 is 13.4. The summed E-state index contributed by atoms with van der Waals surface area (Å²) in [7, 11) is 0. The van der Waals surface area contributed by atoms with E-state index in [1.54, 1.807) is 19.1 Å². The van der Waals surface area contributed by atoms with Gasteiger partial charge in [-0.15, -0.1) is 10.2 Å². The smallest absolute Gasteiger partial charge is 0.188 e. The number of hydrogen-bond acceptors (Lipinski definition) is 4. The Hall–Kier alpha value is -1.82. The van der Waals surface area contributed by atoms with E-state index in [2.05, 4.69) is 25.9 Å². The van der Waals surface area contributed by atoms with Crippen molar-refractivity contribution in [3.05, 3.63) is 41.0 Å². The van der Waals surface area contributed by atoms with Crippen LogP contribution < -0.4 is 5.32 Å². The molecule has 1 aromatic heterocycles. The van der Waals surface area contributed by atoms with Crippen molar-refractivity contribution in [2.75, 3.05) is 0 Å². The van der Waals surface area contributed by atoms with Crippen LogP contribution in [0.5, 0.6) is 0 Å². The molecule has 2 rings (SSSR count). The van der Waals surface area contributed by atoms with E-state index < -0.39 is 0 Å². The van der Waals surface area contributed by atoms with E-state index in [0.717, 1.165) is 5.56 Å². The first kappa shape index (κ1) is 11.7. The number of tetrazole rings is 1. The number of benzene rings is 1. The molecule has 0 aliphatic carbocycles. The molecule has 1 unspecified atom stereocenters. The SMILES string of the molecule is Cc1ccc(C(C)NCc2nn[nH]n2)cc1F. The van der Waals surface area contributed by atoms with E-state index in [9.17, 15) is 4.39 Å². The van der Waals surface area contributed by atoms with Gasteiger partial charge in [0, 0.05) is 6.04 Å². The molecular weight excluding hydrogens is 221 g/mol. The fourth-order valence-electron chi connectivity index (χ4n) is 1.50. The van der Waals surface area contributed by atoms with Gasteiger partial charge >= 0.3 is 0 Å². The molecule has 2 aromatic rings. The molecule has 5 nitrogen and oxygen atoms in total. The van der Waals surface area contributed by atoms with Crippen LogP contribution in [0.4, 0.5) is 4.39 Å². The van der Waals surface area contributed by atoms with Crippen LogP contribution in [-0.2, 0) is 6.54 Å². The standard InChI is InChI=1S/C11H14FN5/c1-7-3-4-9(5-10(7)12)8(2)13-6-11-14-16-17-15-11/h3-5,8,13H,6H2,1-2H3,(H,14,15,16,17). The maximum atomic E-state index is 13.4. The van der Waals surface area contributed by atoms with E-state index in [-0.39, 0.29) is 11.9 Å². The van der Waals surface area contributed by atoms with Crippen molar-refractivity contribution in [1.82, 2.24) is 25.9 Å². The summed E-state index contributed by atoms with van der Waals surface area (Å²) in [6.07, 6.45) is 0. The van der Waals surface area contributed by atoms with Gasteiger partial charge in [0.2, 0.25) is 0 Å². The third kappa shape index (κ3) is 2.85. The minimum Gasteiger partial charge on any atom is -0.303 e. The average molecular weight is 235 g/mol. The van der Waals surface area contributed by atoms with Crippen LogP contribution >= 0.6 is 0 Å². The molecule has 17 heavy (non-hydrogen) atoms. The Kier molecular flexibility index (Phi) is 3.43. The number of aromatic amines is 1. The topological polar surface area (TPSA) is 66.5 Å².